The number of rotatable bonds is 4. The molecule has 4 nitrogen and oxygen atoms in total. The number of halogens is 3. The SMILES string of the molecule is CC(Oc1cccc(N)c1)C(=O)OCC(F)(F)F. The van der Waals surface area contributed by atoms with Gasteiger partial charge in [0.05, 0.1) is 0 Å². The molecule has 100 valence electrons. The number of anilines is 1. The number of hydrogen-bond acceptors (Lipinski definition) is 4. The summed E-state index contributed by atoms with van der Waals surface area (Å²) in [6, 6.07) is 6.19. The van der Waals surface area contributed by atoms with Gasteiger partial charge in [0, 0.05) is 11.8 Å². The smallest absolute Gasteiger partial charge is 0.422 e. The molecule has 18 heavy (non-hydrogen) atoms. The van der Waals surface area contributed by atoms with Crippen LogP contribution in [0, 0.1) is 0 Å². The van der Waals surface area contributed by atoms with Crippen molar-refractivity contribution in [1.82, 2.24) is 0 Å². The van der Waals surface area contributed by atoms with Crippen LogP contribution >= 0.6 is 0 Å². The third-order valence-corrected chi connectivity index (χ3v) is 1.88. The van der Waals surface area contributed by atoms with Gasteiger partial charge in [-0.25, -0.2) is 4.79 Å². The van der Waals surface area contributed by atoms with E-state index in [1.807, 2.05) is 0 Å². The van der Waals surface area contributed by atoms with Gasteiger partial charge in [0.25, 0.3) is 0 Å². The van der Waals surface area contributed by atoms with Crippen LogP contribution in [0.2, 0.25) is 0 Å². The van der Waals surface area contributed by atoms with Gasteiger partial charge in [0.2, 0.25) is 0 Å². The lowest BCUT2D eigenvalue weighted by Gasteiger charge is -2.15. The van der Waals surface area contributed by atoms with Gasteiger partial charge >= 0.3 is 12.1 Å². The maximum atomic E-state index is 11.8. The Labute approximate surface area is 101 Å². The first-order chi connectivity index (χ1) is 8.28. The van der Waals surface area contributed by atoms with E-state index in [9.17, 15) is 18.0 Å². The van der Waals surface area contributed by atoms with Gasteiger partial charge in [-0.15, -0.1) is 0 Å². The quantitative estimate of drug-likeness (QED) is 0.667. The maximum Gasteiger partial charge on any atom is 0.422 e. The lowest BCUT2D eigenvalue weighted by atomic mass is 10.3. The minimum Gasteiger partial charge on any atom is -0.479 e. The molecule has 1 rings (SSSR count). The Balaban J connectivity index is 2.50. The van der Waals surface area contributed by atoms with E-state index in [0.29, 0.717) is 5.69 Å². The number of ether oxygens (including phenoxy) is 2. The summed E-state index contributed by atoms with van der Waals surface area (Å²) in [5.41, 5.74) is 5.90. The molecule has 0 amide bonds. The Morgan fingerprint density at radius 1 is 1.44 bits per heavy atom. The molecule has 1 unspecified atom stereocenters. The van der Waals surface area contributed by atoms with Crippen LogP contribution in [0.15, 0.2) is 24.3 Å². The van der Waals surface area contributed by atoms with Crippen molar-refractivity contribution in [3.8, 4) is 5.75 Å². The van der Waals surface area contributed by atoms with Crippen molar-refractivity contribution in [2.24, 2.45) is 0 Å². The van der Waals surface area contributed by atoms with Gasteiger partial charge in [-0.2, -0.15) is 13.2 Å². The van der Waals surface area contributed by atoms with Crippen LogP contribution in [-0.4, -0.2) is 24.9 Å². The summed E-state index contributed by atoms with van der Waals surface area (Å²) in [7, 11) is 0. The van der Waals surface area contributed by atoms with Crippen molar-refractivity contribution in [3.63, 3.8) is 0 Å². The van der Waals surface area contributed by atoms with E-state index >= 15 is 0 Å². The van der Waals surface area contributed by atoms with Gasteiger partial charge in [-0.3, -0.25) is 0 Å². The predicted octanol–water partition coefficient (Wildman–Crippen LogP) is 2.14. The lowest BCUT2D eigenvalue weighted by Crippen LogP contribution is -2.30. The Morgan fingerprint density at radius 2 is 2.11 bits per heavy atom. The summed E-state index contributed by atoms with van der Waals surface area (Å²) in [5, 5.41) is 0. The minimum atomic E-state index is -4.55. The zero-order valence-electron chi connectivity index (χ0n) is 9.53. The van der Waals surface area contributed by atoms with E-state index in [-0.39, 0.29) is 5.75 Å². The maximum absolute atomic E-state index is 11.8. The molecular weight excluding hydrogens is 251 g/mol. The van der Waals surface area contributed by atoms with Crippen molar-refractivity contribution in [1.29, 1.82) is 0 Å². The van der Waals surface area contributed by atoms with E-state index in [1.165, 1.54) is 19.1 Å². The van der Waals surface area contributed by atoms with Gasteiger partial charge < -0.3 is 15.2 Å². The Hall–Kier alpha value is -1.92. The van der Waals surface area contributed by atoms with Crippen molar-refractivity contribution < 1.29 is 27.4 Å². The summed E-state index contributed by atoms with van der Waals surface area (Å²) < 4.78 is 44.6. The van der Waals surface area contributed by atoms with Crippen LogP contribution in [0.1, 0.15) is 6.92 Å². The molecule has 0 aliphatic heterocycles. The van der Waals surface area contributed by atoms with Crippen LogP contribution in [-0.2, 0) is 9.53 Å². The van der Waals surface area contributed by atoms with Crippen LogP contribution in [0.5, 0.6) is 5.75 Å². The van der Waals surface area contributed by atoms with Crippen molar-refractivity contribution in [3.05, 3.63) is 24.3 Å². The highest BCUT2D eigenvalue weighted by molar-refractivity contribution is 5.74. The van der Waals surface area contributed by atoms with Crippen LogP contribution in [0.4, 0.5) is 18.9 Å². The first-order valence-electron chi connectivity index (χ1n) is 5.03. The molecule has 1 aromatic rings. The molecule has 0 saturated carbocycles. The van der Waals surface area contributed by atoms with Gasteiger partial charge in [0.15, 0.2) is 12.7 Å². The Morgan fingerprint density at radius 3 is 2.67 bits per heavy atom. The first kappa shape index (κ1) is 14.1. The molecule has 0 radical (unpaired) electrons. The van der Waals surface area contributed by atoms with Crippen molar-refractivity contribution >= 4 is 11.7 Å². The molecule has 1 atom stereocenters. The number of esters is 1. The van der Waals surface area contributed by atoms with Crippen LogP contribution in [0.3, 0.4) is 0 Å². The number of nitrogen functional groups attached to an aromatic ring is 1. The monoisotopic (exact) mass is 263 g/mol. The minimum absolute atomic E-state index is 0.284. The van der Waals surface area contributed by atoms with Crippen molar-refractivity contribution in [2.45, 2.75) is 19.2 Å². The third-order valence-electron chi connectivity index (χ3n) is 1.88. The summed E-state index contributed by atoms with van der Waals surface area (Å²) in [6.45, 7) is -0.335. The Kier molecular flexibility index (Phi) is 4.41. The molecule has 0 heterocycles. The van der Waals surface area contributed by atoms with Crippen LogP contribution < -0.4 is 10.5 Å². The molecular formula is C11H12F3NO3. The molecule has 0 bridgehead atoms. The topological polar surface area (TPSA) is 61.5 Å². The number of carbonyl (C=O) groups excluding carboxylic acids is 1. The molecule has 0 spiro atoms. The fourth-order valence-electron chi connectivity index (χ4n) is 1.11. The fourth-order valence-corrected chi connectivity index (χ4v) is 1.11. The van der Waals surface area contributed by atoms with Crippen LogP contribution in [0.25, 0.3) is 0 Å². The van der Waals surface area contributed by atoms with Gasteiger partial charge in [0.1, 0.15) is 5.75 Å². The summed E-state index contributed by atoms with van der Waals surface area (Å²) in [6.07, 6.45) is -5.69. The second kappa shape index (κ2) is 5.61. The van der Waals surface area contributed by atoms with E-state index in [2.05, 4.69) is 4.74 Å². The third kappa shape index (κ3) is 4.94. The average Bonchev–Trinajstić information content (AvgIpc) is 2.24. The predicted molar refractivity (Wildman–Crippen MR) is 58.0 cm³/mol. The number of nitrogens with two attached hydrogens (primary N) is 1. The van der Waals surface area contributed by atoms with E-state index in [4.69, 9.17) is 10.5 Å². The van der Waals surface area contributed by atoms with E-state index in [1.54, 1.807) is 12.1 Å². The largest absolute Gasteiger partial charge is 0.479 e. The normalized spacial score (nSPS) is 12.9. The second-order valence-corrected chi connectivity index (χ2v) is 3.56. The highest BCUT2D eigenvalue weighted by Gasteiger charge is 2.31. The molecule has 0 aromatic heterocycles. The highest BCUT2D eigenvalue weighted by atomic mass is 19.4. The lowest BCUT2D eigenvalue weighted by molar-refractivity contribution is -0.190. The molecule has 0 fully saturated rings. The van der Waals surface area contributed by atoms with Gasteiger partial charge in [-0.05, 0) is 19.1 Å². The van der Waals surface area contributed by atoms with E-state index < -0.39 is 24.9 Å². The number of benzene rings is 1. The van der Waals surface area contributed by atoms with E-state index in [0.717, 1.165) is 0 Å². The summed E-state index contributed by atoms with van der Waals surface area (Å²) >= 11 is 0. The molecule has 0 aliphatic rings. The first-order valence-corrected chi connectivity index (χ1v) is 5.03. The summed E-state index contributed by atoms with van der Waals surface area (Å²) in [5.74, 6) is -0.804. The second-order valence-electron chi connectivity index (χ2n) is 3.56. The number of alkyl halides is 3. The molecule has 2 N–H and O–H groups in total. The Bertz CT molecular complexity index is 420. The highest BCUT2D eigenvalue weighted by Crippen LogP contribution is 2.18. The standard InChI is InChI=1S/C11H12F3NO3/c1-7(10(16)17-6-11(12,13)14)18-9-4-2-3-8(15)5-9/h2-5,7H,6,15H2,1H3. The zero-order chi connectivity index (χ0) is 13.8. The summed E-state index contributed by atoms with van der Waals surface area (Å²) in [4.78, 5) is 11.2. The molecule has 0 aliphatic carbocycles. The number of carbonyl (C=O) groups is 1. The van der Waals surface area contributed by atoms with Crippen molar-refractivity contribution in [2.75, 3.05) is 12.3 Å². The average molecular weight is 263 g/mol. The van der Waals surface area contributed by atoms with Gasteiger partial charge in [-0.1, -0.05) is 6.07 Å². The zero-order valence-corrected chi connectivity index (χ0v) is 9.53. The fraction of sp³-hybridized carbons (Fsp3) is 0.364. The molecule has 0 saturated heterocycles. The number of hydrogen-bond donors (Lipinski definition) is 1. The molecule has 7 heteroatoms. The molecule has 1 aromatic carbocycles.